The van der Waals surface area contributed by atoms with Crippen LogP contribution >= 0.6 is 39.3 Å². The molecule has 0 bridgehead atoms. The van der Waals surface area contributed by atoms with E-state index in [1.165, 1.54) is 21.6 Å². The van der Waals surface area contributed by atoms with Gasteiger partial charge in [0.1, 0.15) is 0 Å². The Balaban J connectivity index is 2.37. The molecule has 0 nitrogen and oxygen atoms in total. The SMILES string of the molecule is CSc1ccc(C(Br)c2cc(C)c(C)cc2Cl)cc1. The van der Waals surface area contributed by atoms with E-state index in [9.17, 15) is 0 Å². The van der Waals surface area contributed by atoms with Crippen LogP contribution in [0.15, 0.2) is 41.3 Å². The topological polar surface area (TPSA) is 0 Å². The fraction of sp³-hybridized carbons (Fsp3) is 0.250. The molecule has 0 N–H and O–H groups in total. The monoisotopic (exact) mass is 354 g/mol. The second-order valence-corrected chi connectivity index (χ2v) is 6.80. The lowest BCUT2D eigenvalue weighted by Crippen LogP contribution is -1.96. The molecule has 0 amide bonds. The van der Waals surface area contributed by atoms with E-state index in [0.717, 1.165) is 10.6 Å². The van der Waals surface area contributed by atoms with Gasteiger partial charge in [0.25, 0.3) is 0 Å². The number of hydrogen-bond acceptors (Lipinski definition) is 1. The van der Waals surface area contributed by atoms with Gasteiger partial charge in [-0.3, -0.25) is 0 Å². The number of alkyl halides is 1. The summed E-state index contributed by atoms with van der Waals surface area (Å²) in [5.74, 6) is 0. The standard InChI is InChI=1S/C16H16BrClS/c1-10-8-14(15(18)9-11(10)2)16(17)12-4-6-13(19-3)7-5-12/h4-9,16H,1-3H3. The second kappa shape index (κ2) is 6.34. The lowest BCUT2D eigenvalue weighted by molar-refractivity contribution is 1.15. The first kappa shape index (κ1) is 15.0. The van der Waals surface area contributed by atoms with Gasteiger partial charge in [-0.15, -0.1) is 11.8 Å². The Bertz CT molecular complexity index is 578. The smallest absolute Gasteiger partial charge is 0.0659 e. The summed E-state index contributed by atoms with van der Waals surface area (Å²) in [5, 5.41) is 0.818. The van der Waals surface area contributed by atoms with E-state index in [4.69, 9.17) is 11.6 Å². The summed E-state index contributed by atoms with van der Waals surface area (Å²) in [6, 6.07) is 12.8. The summed E-state index contributed by atoms with van der Waals surface area (Å²) in [4.78, 5) is 1.41. The molecular formula is C16H16BrClS. The molecule has 3 heteroatoms. The van der Waals surface area contributed by atoms with Gasteiger partial charge in [0.05, 0.1) is 4.83 Å². The van der Waals surface area contributed by atoms with Crippen LogP contribution in [0, 0.1) is 13.8 Å². The van der Waals surface area contributed by atoms with E-state index in [1.54, 1.807) is 11.8 Å². The first-order valence-corrected chi connectivity index (χ1v) is 8.59. The minimum absolute atomic E-state index is 0.134. The zero-order chi connectivity index (χ0) is 14.0. The summed E-state index contributed by atoms with van der Waals surface area (Å²) in [6.45, 7) is 4.20. The van der Waals surface area contributed by atoms with Gasteiger partial charge in [0.15, 0.2) is 0 Å². The zero-order valence-electron chi connectivity index (χ0n) is 11.2. The number of aryl methyl sites for hydroxylation is 2. The van der Waals surface area contributed by atoms with Crippen molar-refractivity contribution in [3.8, 4) is 0 Å². The van der Waals surface area contributed by atoms with Crippen molar-refractivity contribution >= 4 is 39.3 Å². The van der Waals surface area contributed by atoms with Crippen LogP contribution in [-0.2, 0) is 0 Å². The molecule has 19 heavy (non-hydrogen) atoms. The van der Waals surface area contributed by atoms with E-state index >= 15 is 0 Å². The van der Waals surface area contributed by atoms with E-state index in [1.807, 2.05) is 6.07 Å². The highest BCUT2D eigenvalue weighted by atomic mass is 79.9. The normalized spacial score (nSPS) is 12.5. The Labute approximate surface area is 132 Å². The van der Waals surface area contributed by atoms with E-state index in [0.29, 0.717) is 0 Å². The maximum atomic E-state index is 6.37. The number of halogens is 2. The molecule has 0 saturated carbocycles. The highest BCUT2D eigenvalue weighted by molar-refractivity contribution is 9.09. The third-order valence-electron chi connectivity index (χ3n) is 3.29. The van der Waals surface area contributed by atoms with Crippen molar-refractivity contribution in [2.24, 2.45) is 0 Å². The van der Waals surface area contributed by atoms with Crippen LogP contribution in [0.4, 0.5) is 0 Å². The summed E-state index contributed by atoms with van der Waals surface area (Å²) in [7, 11) is 0. The van der Waals surface area contributed by atoms with Crippen LogP contribution in [0.5, 0.6) is 0 Å². The minimum atomic E-state index is 0.134. The fourth-order valence-electron chi connectivity index (χ4n) is 1.95. The molecule has 0 heterocycles. The summed E-state index contributed by atoms with van der Waals surface area (Å²) < 4.78 is 0. The fourth-order valence-corrected chi connectivity index (χ4v) is 3.50. The summed E-state index contributed by atoms with van der Waals surface area (Å²) in [6.07, 6.45) is 2.08. The second-order valence-electron chi connectivity index (χ2n) is 4.59. The molecular weight excluding hydrogens is 340 g/mol. The van der Waals surface area contributed by atoms with Crippen LogP contribution in [0.3, 0.4) is 0 Å². The quantitative estimate of drug-likeness (QED) is 0.469. The molecule has 2 aromatic rings. The zero-order valence-corrected chi connectivity index (χ0v) is 14.4. The maximum absolute atomic E-state index is 6.37. The highest BCUT2D eigenvalue weighted by Gasteiger charge is 2.14. The molecule has 100 valence electrons. The average Bonchev–Trinajstić information content (AvgIpc) is 2.42. The lowest BCUT2D eigenvalue weighted by atomic mass is 10.0. The van der Waals surface area contributed by atoms with Crippen LogP contribution in [-0.4, -0.2) is 6.26 Å². The number of benzene rings is 2. The molecule has 0 saturated heterocycles. The summed E-state index contributed by atoms with van der Waals surface area (Å²) in [5.41, 5.74) is 4.85. The predicted molar refractivity (Wildman–Crippen MR) is 89.9 cm³/mol. The summed E-state index contributed by atoms with van der Waals surface area (Å²) >= 11 is 11.9. The molecule has 1 unspecified atom stereocenters. The Morgan fingerprint density at radius 1 is 1.05 bits per heavy atom. The molecule has 0 aliphatic carbocycles. The van der Waals surface area contributed by atoms with Crippen LogP contribution in [0.1, 0.15) is 27.1 Å². The Hall–Kier alpha value is -0.440. The van der Waals surface area contributed by atoms with Gasteiger partial charge >= 0.3 is 0 Å². The van der Waals surface area contributed by atoms with Crippen molar-refractivity contribution in [1.29, 1.82) is 0 Å². The average molecular weight is 356 g/mol. The predicted octanol–water partition coefficient (Wildman–Crippen LogP) is 6.16. The van der Waals surface area contributed by atoms with Crippen molar-refractivity contribution in [2.75, 3.05) is 6.26 Å². The molecule has 0 aliphatic rings. The molecule has 0 aliphatic heterocycles. The molecule has 2 rings (SSSR count). The molecule has 0 fully saturated rings. The Morgan fingerprint density at radius 2 is 1.63 bits per heavy atom. The molecule has 0 aromatic heterocycles. The van der Waals surface area contributed by atoms with E-state index in [-0.39, 0.29) is 4.83 Å². The van der Waals surface area contributed by atoms with Crippen molar-refractivity contribution < 1.29 is 0 Å². The van der Waals surface area contributed by atoms with Crippen LogP contribution in [0.2, 0.25) is 5.02 Å². The van der Waals surface area contributed by atoms with Gasteiger partial charge in [0.2, 0.25) is 0 Å². The minimum Gasteiger partial charge on any atom is -0.130 e. The van der Waals surface area contributed by atoms with Crippen LogP contribution in [0.25, 0.3) is 0 Å². The van der Waals surface area contributed by atoms with Crippen molar-refractivity contribution in [3.05, 3.63) is 63.7 Å². The van der Waals surface area contributed by atoms with Crippen molar-refractivity contribution in [1.82, 2.24) is 0 Å². The van der Waals surface area contributed by atoms with Gasteiger partial charge in [-0.25, -0.2) is 0 Å². The third kappa shape index (κ3) is 3.36. The van der Waals surface area contributed by atoms with Gasteiger partial charge < -0.3 is 0 Å². The molecule has 0 spiro atoms. The van der Waals surface area contributed by atoms with Gasteiger partial charge in [-0.2, -0.15) is 0 Å². The first-order chi connectivity index (χ1) is 9.02. The largest absolute Gasteiger partial charge is 0.130 e. The maximum Gasteiger partial charge on any atom is 0.0659 e. The van der Waals surface area contributed by atoms with E-state index in [2.05, 4.69) is 66.4 Å². The Morgan fingerprint density at radius 3 is 2.21 bits per heavy atom. The molecule has 2 aromatic carbocycles. The lowest BCUT2D eigenvalue weighted by Gasteiger charge is -2.15. The molecule has 1 atom stereocenters. The first-order valence-electron chi connectivity index (χ1n) is 6.07. The number of thioether (sulfide) groups is 1. The third-order valence-corrected chi connectivity index (χ3v) is 5.39. The van der Waals surface area contributed by atoms with Crippen LogP contribution < -0.4 is 0 Å². The Kier molecular flexibility index (Phi) is 4.99. The molecule has 0 radical (unpaired) electrons. The van der Waals surface area contributed by atoms with Crippen molar-refractivity contribution in [2.45, 2.75) is 23.6 Å². The van der Waals surface area contributed by atoms with E-state index < -0.39 is 0 Å². The van der Waals surface area contributed by atoms with Gasteiger partial charge in [0, 0.05) is 9.92 Å². The van der Waals surface area contributed by atoms with Gasteiger partial charge in [-0.05, 0) is 60.6 Å². The highest BCUT2D eigenvalue weighted by Crippen LogP contribution is 2.37. The number of hydrogen-bond donors (Lipinski definition) is 0. The van der Waals surface area contributed by atoms with Crippen molar-refractivity contribution in [3.63, 3.8) is 0 Å². The number of rotatable bonds is 3. The van der Waals surface area contributed by atoms with Gasteiger partial charge in [-0.1, -0.05) is 45.7 Å².